The first kappa shape index (κ1) is 22.7. The van der Waals surface area contributed by atoms with E-state index < -0.39 is 37.9 Å². The van der Waals surface area contributed by atoms with E-state index in [4.69, 9.17) is 11.6 Å². The number of nitro groups is 1. The zero-order valence-corrected chi connectivity index (χ0v) is 18.6. The van der Waals surface area contributed by atoms with Gasteiger partial charge in [-0.25, -0.2) is 12.8 Å². The van der Waals surface area contributed by atoms with Crippen LogP contribution in [0.2, 0.25) is 5.02 Å². The van der Waals surface area contributed by atoms with E-state index in [0.717, 1.165) is 30.2 Å². The molecule has 0 saturated carbocycles. The Balaban J connectivity index is 1.69. The molecule has 0 saturated heterocycles. The lowest BCUT2D eigenvalue weighted by atomic mass is 10.0. The summed E-state index contributed by atoms with van der Waals surface area (Å²) >= 11 is 6.15. The van der Waals surface area contributed by atoms with Gasteiger partial charge in [-0.3, -0.25) is 19.2 Å². The summed E-state index contributed by atoms with van der Waals surface area (Å²) in [4.78, 5) is 22.9. The van der Waals surface area contributed by atoms with Gasteiger partial charge in [0, 0.05) is 12.6 Å². The lowest BCUT2D eigenvalue weighted by Crippen LogP contribution is -2.35. The molecule has 170 valence electrons. The largest absolute Gasteiger partial charge is 0.320 e. The van der Waals surface area contributed by atoms with E-state index in [0.29, 0.717) is 18.7 Å². The van der Waals surface area contributed by atoms with E-state index in [-0.39, 0.29) is 15.6 Å². The van der Waals surface area contributed by atoms with Gasteiger partial charge in [0.1, 0.15) is 11.4 Å². The van der Waals surface area contributed by atoms with Crippen LogP contribution in [0.15, 0.2) is 65.6 Å². The molecule has 1 amide bonds. The predicted octanol–water partition coefficient (Wildman–Crippen LogP) is 4.78. The number of sulfonamides is 1. The molecule has 1 aliphatic rings. The summed E-state index contributed by atoms with van der Waals surface area (Å²) in [7, 11) is -3.99. The highest BCUT2D eigenvalue weighted by Gasteiger charge is 2.30. The van der Waals surface area contributed by atoms with Gasteiger partial charge in [0.05, 0.1) is 26.2 Å². The standard InChI is InChI=1S/C22H17ClFN3O5S/c23-18-9-8-16(33(31,32)26-11-3-5-14-4-1-2-6-20(14)26)13-19(18)25-22(28)17-12-15(24)7-10-21(17)27(29)30/h1-2,4,6-10,12-13H,3,5,11H2,(H,25,28). The fraction of sp³-hybridized carbons (Fsp3) is 0.136. The van der Waals surface area contributed by atoms with E-state index in [1.807, 2.05) is 12.1 Å². The number of nitrogens with one attached hydrogen (secondary N) is 1. The quantitative estimate of drug-likeness (QED) is 0.409. The van der Waals surface area contributed by atoms with Gasteiger partial charge in [0.2, 0.25) is 0 Å². The van der Waals surface area contributed by atoms with E-state index >= 15 is 0 Å². The highest BCUT2D eigenvalue weighted by atomic mass is 35.5. The summed E-state index contributed by atoms with van der Waals surface area (Å²) in [5, 5.41) is 13.6. The van der Waals surface area contributed by atoms with Gasteiger partial charge in [-0.1, -0.05) is 29.8 Å². The zero-order valence-electron chi connectivity index (χ0n) is 17.0. The number of halogens is 2. The Bertz CT molecular complexity index is 1380. The third kappa shape index (κ3) is 4.39. The maximum absolute atomic E-state index is 13.6. The number of carbonyl (C=O) groups is 1. The molecule has 4 rings (SSSR count). The Kier molecular flexibility index (Phi) is 6.05. The van der Waals surface area contributed by atoms with Crippen molar-refractivity contribution in [3.8, 4) is 0 Å². The van der Waals surface area contributed by atoms with Crippen LogP contribution in [0, 0.1) is 15.9 Å². The summed E-state index contributed by atoms with van der Waals surface area (Å²) in [6, 6.07) is 13.5. The monoisotopic (exact) mass is 489 g/mol. The van der Waals surface area contributed by atoms with Crippen LogP contribution in [-0.2, 0) is 16.4 Å². The molecule has 3 aromatic rings. The summed E-state index contributed by atoms with van der Waals surface area (Å²) in [6.07, 6.45) is 1.41. The number of benzene rings is 3. The highest BCUT2D eigenvalue weighted by Crippen LogP contribution is 2.34. The molecule has 3 aromatic carbocycles. The second kappa shape index (κ2) is 8.80. The lowest BCUT2D eigenvalue weighted by Gasteiger charge is -2.30. The van der Waals surface area contributed by atoms with Gasteiger partial charge >= 0.3 is 0 Å². The molecular weight excluding hydrogens is 473 g/mol. The molecule has 1 heterocycles. The van der Waals surface area contributed by atoms with Gasteiger partial charge in [-0.2, -0.15) is 0 Å². The van der Waals surface area contributed by atoms with Crippen LogP contribution in [0.3, 0.4) is 0 Å². The molecule has 1 N–H and O–H groups in total. The minimum absolute atomic E-state index is 0.0143. The SMILES string of the molecule is O=C(Nc1cc(S(=O)(=O)N2CCCc3ccccc32)ccc1Cl)c1cc(F)ccc1[N+](=O)[O-]. The second-order valence-corrected chi connectivity index (χ2v) is 9.59. The number of para-hydroxylation sites is 1. The normalized spacial score (nSPS) is 13.3. The summed E-state index contributed by atoms with van der Waals surface area (Å²) in [5.41, 5.74) is 0.299. The number of amides is 1. The van der Waals surface area contributed by atoms with Crippen molar-refractivity contribution in [3.05, 3.63) is 92.7 Å². The van der Waals surface area contributed by atoms with Gasteiger partial charge in [-0.15, -0.1) is 0 Å². The third-order valence-electron chi connectivity index (χ3n) is 5.24. The molecule has 0 radical (unpaired) electrons. The van der Waals surface area contributed by atoms with Crippen molar-refractivity contribution in [3.63, 3.8) is 0 Å². The van der Waals surface area contributed by atoms with Crippen molar-refractivity contribution in [1.82, 2.24) is 0 Å². The van der Waals surface area contributed by atoms with Crippen molar-refractivity contribution >= 4 is 44.6 Å². The van der Waals surface area contributed by atoms with Crippen molar-refractivity contribution in [2.75, 3.05) is 16.2 Å². The van der Waals surface area contributed by atoms with Gasteiger partial charge in [0.15, 0.2) is 0 Å². The molecule has 0 aromatic heterocycles. The number of nitrogens with zero attached hydrogens (tertiary/aromatic N) is 2. The van der Waals surface area contributed by atoms with Crippen molar-refractivity contribution in [1.29, 1.82) is 0 Å². The first-order valence-electron chi connectivity index (χ1n) is 9.84. The Labute approximate surface area is 193 Å². The second-order valence-electron chi connectivity index (χ2n) is 7.32. The topological polar surface area (TPSA) is 110 Å². The summed E-state index contributed by atoms with van der Waals surface area (Å²) < 4.78 is 41.7. The Morgan fingerprint density at radius 1 is 1.12 bits per heavy atom. The van der Waals surface area contributed by atoms with Crippen molar-refractivity contribution in [2.45, 2.75) is 17.7 Å². The molecule has 33 heavy (non-hydrogen) atoms. The molecule has 0 aliphatic carbocycles. The fourth-order valence-corrected chi connectivity index (χ4v) is 5.41. The third-order valence-corrected chi connectivity index (χ3v) is 7.38. The number of fused-ring (bicyclic) bond motifs is 1. The number of hydrogen-bond acceptors (Lipinski definition) is 5. The summed E-state index contributed by atoms with van der Waals surface area (Å²) in [5.74, 6) is -1.84. The number of hydrogen-bond donors (Lipinski definition) is 1. The van der Waals surface area contributed by atoms with Gasteiger partial charge in [0.25, 0.3) is 21.6 Å². The molecule has 0 bridgehead atoms. The molecule has 0 spiro atoms. The van der Waals surface area contributed by atoms with Gasteiger partial charge in [-0.05, 0) is 54.8 Å². The first-order chi connectivity index (χ1) is 15.7. The molecule has 1 aliphatic heterocycles. The van der Waals surface area contributed by atoms with Crippen molar-refractivity contribution < 1.29 is 22.5 Å². The number of anilines is 2. The smallest absolute Gasteiger partial charge is 0.282 e. The van der Waals surface area contributed by atoms with E-state index in [1.54, 1.807) is 12.1 Å². The number of aryl methyl sites for hydroxylation is 1. The van der Waals surface area contributed by atoms with Crippen LogP contribution in [0.5, 0.6) is 0 Å². The van der Waals surface area contributed by atoms with Crippen molar-refractivity contribution in [2.24, 2.45) is 0 Å². The van der Waals surface area contributed by atoms with E-state index in [2.05, 4.69) is 5.32 Å². The zero-order chi connectivity index (χ0) is 23.8. The number of nitro benzene ring substituents is 1. The maximum Gasteiger partial charge on any atom is 0.282 e. The maximum atomic E-state index is 13.6. The van der Waals surface area contributed by atoms with Crippen LogP contribution < -0.4 is 9.62 Å². The molecule has 8 nitrogen and oxygen atoms in total. The van der Waals surface area contributed by atoms with Crippen LogP contribution in [0.4, 0.5) is 21.5 Å². The first-order valence-corrected chi connectivity index (χ1v) is 11.7. The Hall–Kier alpha value is -3.50. The van der Waals surface area contributed by atoms with Crippen LogP contribution in [0.1, 0.15) is 22.3 Å². The van der Waals surface area contributed by atoms with Crippen LogP contribution in [-0.4, -0.2) is 25.8 Å². The molecule has 0 fully saturated rings. The number of carbonyl (C=O) groups excluding carboxylic acids is 1. The predicted molar refractivity (Wildman–Crippen MR) is 122 cm³/mol. The van der Waals surface area contributed by atoms with Crippen LogP contribution in [0.25, 0.3) is 0 Å². The number of rotatable bonds is 5. The van der Waals surface area contributed by atoms with Crippen LogP contribution >= 0.6 is 11.6 Å². The molecule has 11 heteroatoms. The summed E-state index contributed by atoms with van der Waals surface area (Å²) in [6.45, 7) is 0.291. The molecule has 0 unspecified atom stereocenters. The van der Waals surface area contributed by atoms with Gasteiger partial charge < -0.3 is 5.32 Å². The average molecular weight is 490 g/mol. The average Bonchev–Trinajstić information content (AvgIpc) is 2.79. The van der Waals surface area contributed by atoms with E-state index in [1.165, 1.54) is 22.5 Å². The lowest BCUT2D eigenvalue weighted by molar-refractivity contribution is -0.385. The highest BCUT2D eigenvalue weighted by molar-refractivity contribution is 7.92. The fourth-order valence-electron chi connectivity index (χ4n) is 3.68. The minimum Gasteiger partial charge on any atom is -0.320 e. The minimum atomic E-state index is -3.99. The Morgan fingerprint density at radius 2 is 1.88 bits per heavy atom. The molecule has 0 atom stereocenters. The molecular formula is C22H17ClFN3O5S. The van der Waals surface area contributed by atoms with E-state index in [9.17, 15) is 27.7 Å². The Morgan fingerprint density at radius 3 is 2.64 bits per heavy atom.